The first-order valence-electron chi connectivity index (χ1n) is 11.8. The van der Waals surface area contributed by atoms with Gasteiger partial charge in [-0.25, -0.2) is 0 Å². The predicted molar refractivity (Wildman–Crippen MR) is 135 cm³/mol. The highest BCUT2D eigenvalue weighted by Crippen LogP contribution is 2.48. The summed E-state index contributed by atoms with van der Waals surface area (Å²) >= 11 is 0. The largest absolute Gasteiger partial charge is 0.490 e. The summed E-state index contributed by atoms with van der Waals surface area (Å²) in [5.41, 5.74) is 1.07. The summed E-state index contributed by atoms with van der Waals surface area (Å²) in [7, 11) is -2.34. The Morgan fingerprint density at radius 1 is 0.839 bits per heavy atom. The third-order valence-corrected chi connectivity index (χ3v) is 13.5. The monoisotopic (exact) mass is 432 g/mol. The molecule has 4 rings (SSSR count). The molecule has 1 heterocycles. The van der Waals surface area contributed by atoms with E-state index in [9.17, 15) is 0 Å². The Balaban J connectivity index is 1.73. The fourth-order valence-electron chi connectivity index (χ4n) is 5.60. The summed E-state index contributed by atoms with van der Waals surface area (Å²) in [6.07, 6.45) is 4.97. The van der Waals surface area contributed by atoms with Crippen molar-refractivity contribution in [2.75, 3.05) is 0 Å². The van der Waals surface area contributed by atoms with Gasteiger partial charge in [0.05, 0.1) is 11.2 Å². The van der Waals surface area contributed by atoms with E-state index in [0.29, 0.717) is 11.5 Å². The minimum absolute atomic E-state index is 0.319. The molecule has 0 N–H and O–H groups in total. The lowest BCUT2D eigenvalue weighted by atomic mass is 9.67. The van der Waals surface area contributed by atoms with E-state index in [1.165, 1.54) is 36.1 Å². The van der Waals surface area contributed by atoms with Gasteiger partial charge in [-0.3, -0.25) is 0 Å². The van der Waals surface area contributed by atoms with Crippen molar-refractivity contribution in [3.63, 3.8) is 0 Å². The number of benzene rings is 2. The zero-order valence-electron chi connectivity index (χ0n) is 19.9. The van der Waals surface area contributed by atoms with Crippen LogP contribution in [0.15, 0.2) is 72.7 Å². The van der Waals surface area contributed by atoms with Crippen LogP contribution in [0.2, 0.25) is 12.1 Å². The van der Waals surface area contributed by atoms with E-state index in [1.54, 1.807) is 0 Å². The third kappa shape index (κ3) is 3.99. The van der Waals surface area contributed by atoms with Gasteiger partial charge in [-0.15, -0.1) is 6.58 Å². The summed E-state index contributed by atoms with van der Waals surface area (Å²) in [6.45, 7) is 15.7. The van der Waals surface area contributed by atoms with Crippen molar-refractivity contribution in [2.45, 2.75) is 76.7 Å². The van der Waals surface area contributed by atoms with Gasteiger partial charge in [-0.1, -0.05) is 96.8 Å². The molecule has 1 saturated carbocycles. The van der Waals surface area contributed by atoms with Crippen LogP contribution in [0.5, 0.6) is 0 Å². The summed E-state index contributed by atoms with van der Waals surface area (Å²) < 4.78 is 12.9. The lowest BCUT2D eigenvalue weighted by molar-refractivity contribution is 0.00578. The van der Waals surface area contributed by atoms with Crippen molar-refractivity contribution in [1.82, 2.24) is 0 Å². The lowest BCUT2D eigenvalue weighted by Crippen LogP contribution is -2.61. The van der Waals surface area contributed by atoms with Gasteiger partial charge in [0.1, 0.15) is 8.07 Å². The van der Waals surface area contributed by atoms with E-state index in [0.717, 1.165) is 5.47 Å². The molecule has 31 heavy (non-hydrogen) atoms. The predicted octanol–water partition coefficient (Wildman–Crippen LogP) is 5.63. The Kier molecular flexibility index (Phi) is 6.10. The molecule has 2 atom stereocenters. The van der Waals surface area contributed by atoms with Gasteiger partial charge >= 0.3 is 7.12 Å². The zero-order chi connectivity index (χ0) is 22.3. The molecule has 4 heteroatoms. The van der Waals surface area contributed by atoms with E-state index < -0.39 is 8.07 Å². The molecule has 0 amide bonds. The smallest absolute Gasteiger partial charge is 0.400 e. The van der Waals surface area contributed by atoms with Crippen molar-refractivity contribution < 1.29 is 9.31 Å². The molecule has 2 aromatic rings. The molecule has 0 bridgehead atoms. The maximum absolute atomic E-state index is 6.45. The Morgan fingerprint density at radius 2 is 1.29 bits per heavy atom. The average Bonchev–Trinajstić information content (AvgIpc) is 3.01. The molecule has 0 aromatic heterocycles. The Morgan fingerprint density at radius 3 is 1.77 bits per heavy atom. The minimum Gasteiger partial charge on any atom is -0.400 e. The molecular weight excluding hydrogens is 395 g/mol. The summed E-state index contributed by atoms with van der Waals surface area (Å²) in [4.78, 5) is 0. The number of rotatable bonds is 5. The highest BCUT2D eigenvalue weighted by Gasteiger charge is 2.55. The first kappa shape index (κ1) is 22.6. The normalized spacial score (nSPS) is 25.4. The quantitative estimate of drug-likeness (QED) is 0.571. The second kappa shape index (κ2) is 8.38. The maximum atomic E-state index is 6.45. The third-order valence-electron chi connectivity index (χ3n) is 8.29. The number of hydrogen-bond acceptors (Lipinski definition) is 2. The van der Waals surface area contributed by atoms with Crippen LogP contribution >= 0.6 is 0 Å². The molecule has 0 spiro atoms. The highest BCUT2D eigenvalue weighted by atomic mass is 28.3. The molecule has 2 aliphatic rings. The van der Waals surface area contributed by atoms with Crippen LogP contribution in [0.3, 0.4) is 0 Å². The Labute approximate surface area is 190 Å². The van der Waals surface area contributed by atoms with Crippen molar-refractivity contribution >= 4 is 25.6 Å². The first-order chi connectivity index (χ1) is 14.7. The highest BCUT2D eigenvalue weighted by molar-refractivity contribution is 7.02. The lowest BCUT2D eigenvalue weighted by Gasteiger charge is -2.45. The van der Waals surface area contributed by atoms with E-state index in [2.05, 4.69) is 101 Å². The van der Waals surface area contributed by atoms with Crippen molar-refractivity contribution in [2.24, 2.45) is 5.92 Å². The summed E-state index contributed by atoms with van der Waals surface area (Å²) in [5, 5.41) is 3.03. The van der Waals surface area contributed by atoms with Crippen molar-refractivity contribution in [1.29, 1.82) is 0 Å². The average molecular weight is 432 g/mol. The van der Waals surface area contributed by atoms with Crippen LogP contribution in [0.4, 0.5) is 0 Å². The van der Waals surface area contributed by atoms with E-state index in [1.807, 2.05) is 0 Å². The van der Waals surface area contributed by atoms with Crippen LogP contribution < -0.4 is 10.4 Å². The summed E-state index contributed by atoms with van der Waals surface area (Å²) in [5.74, 6) is 0.417. The van der Waals surface area contributed by atoms with Gasteiger partial charge in [0.2, 0.25) is 0 Å². The number of hydrogen-bond donors (Lipinski definition) is 0. The molecule has 2 aromatic carbocycles. The van der Waals surface area contributed by atoms with Crippen molar-refractivity contribution in [3.8, 4) is 0 Å². The first-order valence-corrected chi connectivity index (χ1v) is 14.4. The second-order valence-electron chi connectivity index (χ2n) is 10.6. The number of allylic oxidation sites excluding steroid dienone is 1. The van der Waals surface area contributed by atoms with Gasteiger partial charge in [-0.05, 0) is 51.0 Å². The fourth-order valence-corrected chi connectivity index (χ4v) is 10.5. The second-order valence-corrected chi connectivity index (χ2v) is 14.9. The summed E-state index contributed by atoms with van der Waals surface area (Å²) in [6, 6.07) is 22.5. The molecule has 1 aliphatic carbocycles. The molecule has 2 nitrogen and oxygen atoms in total. The fraction of sp³-hybridized carbons (Fsp3) is 0.481. The minimum atomic E-state index is -2.02. The van der Waals surface area contributed by atoms with E-state index in [-0.39, 0.29) is 18.3 Å². The molecule has 164 valence electrons. The van der Waals surface area contributed by atoms with Gasteiger partial charge in [0, 0.05) is 0 Å². The molecule has 2 fully saturated rings. The van der Waals surface area contributed by atoms with Crippen LogP contribution in [0, 0.1) is 5.92 Å². The zero-order valence-corrected chi connectivity index (χ0v) is 20.9. The van der Waals surface area contributed by atoms with Crippen molar-refractivity contribution in [3.05, 3.63) is 72.7 Å². The van der Waals surface area contributed by atoms with Crippen LogP contribution in [0.25, 0.3) is 0 Å². The Bertz CT molecular complexity index is 854. The standard InChI is InChI=1S/C27H37BO2Si/c1-21(28-29-26(2,3)27(4,5)30-28)24-19-13-14-20-25(24)31(6,22-15-9-7-10-16-22)23-17-11-8-12-18-23/h7-12,15-18,24-25H,1,13-14,19-20H2,2-6H3/t24-,25-/m1/s1. The van der Waals surface area contributed by atoms with Gasteiger partial charge in [-0.2, -0.15) is 0 Å². The molecule has 1 aliphatic heterocycles. The molecule has 1 saturated heterocycles. The topological polar surface area (TPSA) is 18.5 Å². The molecule has 0 radical (unpaired) electrons. The van der Waals surface area contributed by atoms with E-state index >= 15 is 0 Å². The Hall–Kier alpha value is -1.62. The van der Waals surface area contributed by atoms with Gasteiger partial charge in [0.15, 0.2) is 0 Å². The van der Waals surface area contributed by atoms with Crippen LogP contribution in [-0.4, -0.2) is 26.4 Å². The molecular formula is C27H37BO2Si. The maximum Gasteiger partial charge on any atom is 0.490 e. The van der Waals surface area contributed by atoms with E-state index in [4.69, 9.17) is 9.31 Å². The van der Waals surface area contributed by atoms with Crippen LogP contribution in [-0.2, 0) is 9.31 Å². The van der Waals surface area contributed by atoms with Gasteiger partial charge < -0.3 is 9.31 Å². The SMILES string of the molecule is C=C(B1OC(C)(C)C(C)(C)O1)[C@H]1CCCC[C@H]1[Si](C)(c1ccccc1)c1ccccc1. The van der Waals surface area contributed by atoms with Crippen LogP contribution in [0.1, 0.15) is 53.4 Å². The van der Waals surface area contributed by atoms with Gasteiger partial charge in [0.25, 0.3) is 0 Å². The molecule has 0 unspecified atom stereocenters.